The van der Waals surface area contributed by atoms with Crippen molar-refractivity contribution in [2.45, 2.75) is 39.2 Å². The van der Waals surface area contributed by atoms with Crippen LogP contribution in [0.25, 0.3) is 5.65 Å². The van der Waals surface area contributed by atoms with E-state index < -0.39 is 0 Å². The summed E-state index contributed by atoms with van der Waals surface area (Å²) in [5.74, 6) is 2.75. The molecule has 0 aliphatic carbocycles. The number of benzene rings is 3. The van der Waals surface area contributed by atoms with Gasteiger partial charge in [-0.25, -0.2) is 14.5 Å². The Morgan fingerprint density at radius 3 is 2.69 bits per heavy atom. The molecule has 5 aromatic rings. The van der Waals surface area contributed by atoms with Gasteiger partial charge in [0.05, 0.1) is 5.56 Å². The van der Waals surface area contributed by atoms with Gasteiger partial charge in [0.15, 0.2) is 11.5 Å². The summed E-state index contributed by atoms with van der Waals surface area (Å²) in [7, 11) is 0. The van der Waals surface area contributed by atoms with Crippen LogP contribution < -0.4 is 9.47 Å². The van der Waals surface area contributed by atoms with E-state index in [9.17, 15) is 5.11 Å². The van der Waals surface area contributed by atoms with Crippen LogP contribution in [0.15, 0.2) is 73.1 Å². The highest BCUT2D eigenvalue weighted by Gasteiger charge is 2.33. The van der Waals surface area contributed by atoms with Gasteiger partial charge in [0.1, 0.15) is 30.2 Å². The van der Waals surface area contributed by atoms with Crippen molar-refractivity contribution in [3.63, 3.8) is 0 Å². The van der Waals surface area contributed by atoms with Gasteiger partial charge >= 0.3 is 0 Å². The summed E-state index contributed by atoms with van der Waals surface area (Å²) in [4.78, 5) is 9.41. The lowest BCUT2D eigenvalue weighted by Crippen LogP contribution is -2.14. The molecule has 0 radical (unpaired) electrons. The lowest BCUT2D eigenvalue weighted by Gasteiger charge is -2.27. The van der Waals surface area contributed by atoms with Gasteiger partial charge in [-0.05, 0) is 41.7 Å². The standard InChI is InChI=1S/C29H26N4O3/c1-17(2)21-11-9-18(3)13-23(21)35-15-25-31-28-27-26(19-7-5-4-6-8-19)22-12-10-20(34)14-24(22)36-29(27)30-16-33(28)32-25/h4-14,16-17,26,34H,15H2,1-3H3. The van der Waals surface area contributed by atoms with Crippen molar-refractivity contribution in [3.05, 3.63) is 107 Å². The van der Waals surface area contributed by atoms with E-state index in [0.717, 1.165) is 33.6 Å². The van der Waals surface area contributed by atoms with Crippen LogP contribution >= 0.6 is 0 Å². The number of phenolic OH excluding ortho intramolecular Hbond substituents is 1. The predicted octanol–water partition coefficient (Wildman–Crippen LogP) is 6.13. The lowest BCUT2D eigenvalue weighted by molar-refractivity contribution is 0.291. The molecule has 0 saturated carbocycles. The molecule has 0 amide bonds. The molecule has 1 unspecified atom stereocenters. The van der Waals surface area contributed by atoms with Crippen LogP contribution in [0.5, 0.6) is 23.1 Å². The summed E-state index contributed by atoms with van der Waals surface area (Å²) in [6, 6.07) is 21.6. The first kappa shape index (κ1) is 22.1. The van der Waals surface area contributed by atoms with E-state index in [1.165, 1.54) is 0 Å². The molecule has 3 aromatic carbocycles. The predicted molar refractivity (Wildman–Crippen MR) is 136 cm³/mol. The summed E-state index contributed by atoms with van der Waals surface area (Å²) in [6.45, 7) is 6.60. The minimum atomic E-state index is -0.177. The average Bonchev–Trinajstić information content (AvgIpc) is 3.30. The highest BCUT2D eigenvalue weighted by Crippen LogP contribution is 2.48. The van der Waals surface area contributed by atoms with E-state index in [0.29, 0.717) is 29.0 Å². The zero-order valence-corrected chi connectivity index (χ0v) is 20.3. The normalized spacial score (nSPS) is 14.4. The van der Waals surface area contributed by atoms with Crippen molar-refractivity contribution in [2.75, 3.05) is 0 Å². The molecule has 7 nitrogen and oxygen atoms in total. The fourth-order valence-corrected chi connectivity index (χ4v) is 4.79. The van der Waals surface area contributed by atoms with Crippen molar-refractivity contribution in [1.29, 1.82) is 0 Å². The number of aromatic hydroxyl groups is 1. The Labute approximate surface area is 209 Å². The number of hydrogen-bond acceptors (Lipinski definition) is 6. The number of rotatable bonds is 5. The highest BCUT2D eigenvalue weighted by atomic mass is 16.5. The topological polar surface area (TPSA) is 81.8 Å². The minimum Gasteiger partial charge on any atom is -0.508 e. The van der Waals surface area contributed by atoms with Crippen molar-refractivity contribution in [3.8, 4) is 23.1 Å². The van der Waals surface area contributed by atoms with E-state index in [1.807, 2.05) is 24.3 Å². The maximum Gasteiger partial charge on any atom is 0.228 e. The first-order valence-electron chi connectivity index (χ1n) is 12.0. The van der Waals surface area contributed by atoms with Crippen LogP contribution in [0.1, 0.15) is 59.3 Å². The summed E-state index contributed by atoms with van der Waals surface area (Å²) < 4.78 is 14.0. The monoisotopic (exact) mass is 478 g/mol. The van der Waals surface area contributed by atoms with E-state index in [2.05, 4.69) is 61.2 Å². The molecule has 1 aliphatic heterocycles. The number of nitrogens with zero attached hydrogens (tertiary/aromatic N) is 4. The number of hydrogen-bond donors (Lipinski definition) is 1. The SMILES string of the molecule is Cc1ccc(C(C)C)c(OCc2nc3c4c(ncn3n2)Oc2cc(O)ccc2C4c2ccccc2)c1. The Balaban J connectivity index is 1.43. The van der Waals surface area contributed by atoms with Crippen LogP contribution in [0.2, 0.25) is 0 Å². The fraction of sp³-hybridized carbons (Fsp3) is 0.207. The summed E-state index contributed by atoms with van der Waals surface area (Å²) >= 11 is 0. The lowest BCUT2D eigenvalue weighted by atomic mass is 9.84. The van der Waals surface area contributed by atoms with Crippen molar-refractivity contribution >= 4 is 5.65 Å². The number of ether oxygens (including phenoxy) is 2. The van der Waals surface area contributed by atoms with Gasteiger partial charge < -0.3 is 14.6 Å². The number of aryl methyl sites for hydroxylation is 1. The maximum atomic E-state index is 10.1. The third-order valence-corrected chi connectivity index (χ3v) is 6.52. The quantitative estimate of drug-likeness (QED) is 0.321. The Kier molecular flexibility index (Phi) is 5.33. The Morgan fingerprint density at radius 1 is 1.06 bits per heavy atom. The third-order valence-electron chi connectivity index (χ3n) is 6.52. The molecule has 7 heteroatoms. The molecule has 0 bridgehead atoms. The largest absolute Gasteiger partial charge is 0.508 e. The second kappa shape index (κ2) is 8.68. The smallest absolute Gasteiger partial charge is 0.228 e. The molecule has 1 aliphatic rings. The van der Waals surface area contributed by atoms with E-state index >= 15 is 0 Å². The minimum absolute atomic E-state index is 0.143. The number of aromatic nitrogens is 4. The molecule has 3 heterocycles. The molecule has 1 N–H and O–H groups in total. The molecular formula is C29H26N4O3. The van der Waals surface area contributed by atoms with Gasteiger partial charge in [-0.2, -0.15) is 0 Å². The molecule has 180 valence electrons. The van der Waals surface area contributed by atoms with E-state index in [1.54, 1.807) is 23.0 Å². The molecule has 0 fully saturated rings. The summed E-state index contributed by atoms with van der Waals surface area (Å²) in [5.41, 5.74) is 5.80. The summed E-state index contributed by atoms with van der Waals surface area (Å²) in [5, 5.41) is 14.7. The van der Waals surface area contributed by atoms with Crippen LogP contribution in [-0.4, -0.2) is 24.7 Å². The molecule has 0 saturated heterocycles. The Morgan fingerprint density at radius 2 is 1.89 bits per heavy atom. The molecule has 0 spiro atoms. The second-order valence-corrected chi connectivity index (χ2v) is 9.41. The maximum absolute atomic E-state index is 10.1. The second-order valence-electron chi connectivity index (χ2n) is 9.41. The van der Waals surface area contributed by atoms with Gasteiger partial charge in [-0.1, -0.05) is 62.4 Å². The molecule has 6 rings (SSSR count). The Bertz CT molecular complexity index is 1580. The molecule has 2 aromatic heterocycles. The van der Waals surface area contributed by atoms with Gasteiger partial charge in [0.25, 0.3) is 0 Å². The van der Waals surface area contributed by atoms with Gasteiger partial charge in [-0.3, -0.25) is 0 Å². The van der Waals surface area contributed by atoms with E-state index in [-0.39, 0.29) is 18.3 Å². The Hall–Kier alpha value is -4.39. The molecule has 36 heavy (non-hydrogen) atoms. The molecule has 1 atom stereocenters. The number of phenols is 1. The number of fused-ring (bicyclic) bond motifs is 4. The first-order valence-corrected chi connectivity index (χ1v) is 12.0. The van der Waals surface area contributed by atoms with Crippen LogP contribution in [0.3, 0.4) is 0 Å². The van der Waals surface area contributed by atoms with Crippen molar-refractivity contribution in [1.82, 2.24) is 19.6 Å². The van der Waals surface area contributed by atoms with Crippen LogP contribution in [0.4, 0.5) is 0 Å². The first-order chi connectivity index (χ1) is 17.5. The zero-order valence-electron chi connectivity index (χ0n) is 20.3. The molecular weight excluding hydrogens is 452 g/mol. The van der Waals surface area contributed by atoms with Gasteiger partial charge in [0.2, 0.25) is 5.88 Å². The zero-order chi connectivity index (χ0) is 24.8. The van der Waals surface area contributed by atoms with E-state index in [4.69, 9.17) is 14.5 Å². The van der Waals surface area contributed by atoms with Crippen molar-refractivity contribution in [2.24, 2.45) is 0 Å². The third kappa shape index (κ3) is 3.82. The van der Waals surface area contributed by atoms with Crippen LogP contribution in [0, 0.1) is 6.92 Å². The van der Waals surface area contributed by atoms with Crippen molar-refractivity contribution < 1.29 is 14.6 Å². The van der Waals surface area contributed by atoms with Crippen LogP contribution in [-0.2, 0) is 6.61 Å². The van der Waals surface area contributed by atoms with Gasteiger partial charge in [0, 0.05) is 17.5 Å². The summed E-state index contributed by atoms with van der Waals surface area (Å²) in [6.07, 6.45) is 1.60. The van der Waals surface area contributed by atoms with Gasteiger partial charge in [-0.15, -0.1) is 5.10 Å². The average molecular weight is 479 g/mol. The highest BCUT2D eigenvalue weighted by molar-refractivity contribution is 5.66. The fourth-order valence-electron chi connectivity index (χ4n) is 4.79.